The zero-order chi connectivity index (χ0) is 30.5. The van der Waals surface area contributed by atoms with E-state index in [0.29, 0.717) is 12.8 Å². The fourth-order valence-electron chi connectivity index (χ4n) is 2.06. The van der Waals surface area contributed by atoms with Crippen LogP contribution in [0.4, 0.5) is 17.6 Å². The first-order chi connectivity index (χ1) is 18.4. The smallest absolute Gasteiger partial charge is 0.328 e. The first-order valence-corrected chi connectivity index (χ1v) is 12.0. The van der Waals surface area contributed by atoms with Crippen LogP contribution in [0.5, 0.6) is 5.75 Å². The second-order valence-corrected chi connectivity index (χ2v) is 7.57. The Hall–Kier alpha value is -1.86. The molecule has 0 spiro atoms. The summed E-state index contributed by atoms with van der Waals surface area (Å²) in [6.07, 6.45) is 1.37. The van der Waals surface area contributed by atoms with Gasteiger partial charge in [-0.3, -0.25) is 23.8 Å². The molecule has 0 aliphatic carbocycles. The number of carboxylic acids is 1. The molecule has 1 N–H and O–H groups in total. The highest BCUT2D eigenvalue weighted by Crippen LogP contribution is 2.26. The maximum absolute atomic E-state index is 13.3. The van der Waals surface area contributed by atoms with Crippen molar-refractivity contribution in [1.82, 2.24) is 0 Å². The number of halogens is 5. The minimum atomic E-state index is -1.71. The molecule has 0 aliphatic heterocycles. The normalized spacial score (nSPS) is 14.5. The van der Waals surface area contributed by atoms with Gasteiger partial charge in [-0.25, -0.2) is 13.6 Å². The van der Waals surface area contributed by atoms with Gasteiger partial charge in [-0.1, -0.05) is 20.8 Å². The van der Waals surface area contributed by atoms with Gasteiger partial charge in [-0.2, -0.15) is 8.78 Å². The number of rotatable bonds is 13. The van der Waals surface area contributed by atoms with Gasteiger partial charge in [0.25, 0.3) is 0 Å². The first kappa shape index (κ1) is 30.4. The molecule has 16 heteroatoms. The van der Waals surface area contributed by atoms with E-state index < -0.39 is 59.5 Å². The summed E-state index contributed by atoms with van der Waals surface area (Å²) in [5, 5.41) is 8.32. The molecule has 1 aromatic rings. The Labute approximate surface area is 221 Å². The van der Waals surface area contributed by atoms with Gasteiger partial charge in [-0.05, 0) is 46.2 Å². The largest absolute Gasteiger partial charge is 0.480 e. The Bertz CT molecular complexity index is 1010. The Balaban J connectivity index is 0. The first-order valence-electron chi connectivity index (χ1n) is 11.6. The van der Waals surface area contributed by atoms with E-state index in [-0.39, 0.29) is 57.1 Å². The number of aliphatic carboxylic acids is 1. The van der Waals surface area contributed by atoms with Crippen LogP contribution in [0, 0.1) is 23.3 Å². The van der Waals surface area contributed by atoms with E-state index in [1.54, 1.807) is 13.8 Å². The van der Waals surface area contributed by atoms with Gasteiger partial charge in [0.1, 0.15) is 22.5 Å². The van der Waals surface area contributed by atoms with Crippen LogP contribution in [0.1, 0.15) is 40.0 Å². The molecule has 0 saturated heterocycles. The summed E-state index contributed by atoms with van der Waals surface area (Å²) >= 11 is 5.29. The van der Waals surface area contributed by atoms with E-state index in [1.165, 1.54) is 0 Å². The topological polar surface area (TPSA) is 118 Å². The molecule has 3 atom stereocenters. The number of Topliss-reactive ketones (excluding diaryl/α,β-unsaturated/α-hetero) is 2. The average Bonchev–Trinajstić information content (AvgIpc) is 2.92. The quantitative estimate of drug-likeness (QED) is 0.123. The number of ketones is 2. The third-order valence-corrected chi connectivity index (χ3v) is 5.27. The highest BCUT2D eigenvalue weighted by molar-refractivity contribution is 7.04. The molecule has 0 bridgehead atoms. The highest BCUT2D eigenvalue weighted by Gasteiger charge is 2.23. The fourth-order valence-corrected chi connectivity index (χ4v) is 3.08. The molecule has 0 aliphatic rings. The Kier molecular flexibility index (Phi) is 17.1. The molecular weight excluding hydrogens is 567 g/mol. The number of hydrogen-bond donors (Lipinski definition) is 1. The summed E-state index contributed by atoms with van der Waals surface area (Å²) in [6, 6.07) is -1.87. The second-order valence-electron chi connectivity index (χ2n) is 6.61. The number of ether oxygens (including phenoxy) is 1. The third-order valence-electron chi connectivity index (χ3n) is 4.17. The number of benzene rings is 1. The summed E-state index contributed by atoms with van der Waals surface area (Å²) < 4.78 is 87.8. The molecule has 0 radical (unpaired) electrons. The van der Waals surface area contributed by atoms with Gasteiger partial charge in [0.05, 0.1) is 5.88 Å². The zero-order valence-corrected chi connectivity index (χ0v) is 22.9. The lowest BCUT2D eigenvalue weighted by molar-refractivity contribution is -0.138. The van der Waals surface area contributed by atoms with Crippen LogP contribution < -0.4 is 4.74 Å². The number of carbonyl (C=O) groups excluding carboxylic acids is 2. The van der Waals surface area contributed by atoms with Gasteiger partial charge in [0, 0.05) is 6.07 Å². The number of nitrogens with zero attached hydrogens (tertiary/aromatic N) is 3. The summed E-state index contributed by atoms with van der Waals surface area (Å²) in [5.74, 6) is -9.62. The van der Waals surface area contributed by atoms with Crippen molar-refractivity contribution in [2.75, 3.05) is 12.5 Å². The van der Waals surface area contributed by atoms with Gasteiger partial charge in [0.2, 0.25) is 11.6 Å². The predicted molar refractivity (Wildman–Crippen MR) is 135 cm³/mol. The van der Waals surface area contributed by atoms with Crippen molar-refractivity contribution in [3.05, 3.63) is 29.3 Å². The van der Waals surface area contributed by atoms with Gasteiger partial charge in [-0.15, -0.1) is 11.6 Å². The molecule has 36 heavy (non-hydrogen) atoms. The summed E-state index contributed by atoms with van der Waals surface area (Å²) in [6.45, 7) is 4.41. The second kappa shape index (κ2) is 20.2. The maximum atomic E-state index is 13.3. The van der Waals surface area contributed by atoms with Crippen LogP contribution in [0.25, 0.3) is 0 Å². The molecule has 0 fully saturated rings. The standard InChI is InChI=1S/C11H10F4NO2P.C5H9ClNOP.C4H8NO2P/c1-2-7(16-19)8(17)4-18-11-9(14)5(12)3-6(13)10(11)15;1-2-4(7-9)5(8)3-6;1-2-3(5-8)4(6)7/h3,7,19H,2,4H2,1H3;4,9H,2-3H2,1H3;3,8H,2H2,1H3,(H,6,7)/t7-;4-;3-/m000/s1/i19D;9D;8D. The van der Waals surface area contributed by atoms with Crippen molar-refractivity contribution in [3.63, 3.8) is 0 Å². The van der Waals surface area contributed by atoms with E-state index in [0.717, 1.165) is 0 Å². The Morgan fingerprint density at radius 1 is 0.917 bits per heavy atom. The van der Waals surface area contributed by atoms with E-state index in [4.69, 9.17) is 20.5 Å². The van der Waals surface area contributed by atoms with Crippen LogP contribution in [0.2, 0.25) is 0 Å². The molecule has 0 aromatic heterocycles. The van der Waals surface area contributed by atoms with Crippen molar-refractivity contribution < 1.29 is 41.8 Å². The van der Waals surface area contributed by atoms with Gasteiger partial charge in [0.15, 0.2) is 35.0 Å². The maximum Gasteiger partial charge on any atom is 0.328 e. The van der Waals surface area contributed by atoms with Crippen LogP contribution in [-0.4, -0.2) is 57.1 Å². The van der Waals surface area contributed by atoms with E-state index in [1.807, 2.05) is 6.92 Å². The third kappa shape index (κ3) is 12.9. The van der Waals surface area contributed by atoms with Crippen LogP contribution >= 0.6 is 38.5 Å². The van der Waals surface area contributed by atoms with Crippen molar-refractivity contribution in [3.8, 4) is 5.75 Å². The minimum absolute atomic E-state index is 0.00245. The lowest BCUT2D eigenvalue weighted by Crippen LogP contribution is -2.24. The van der Waals surface area contributed by atoms with Crippen molar-refractivity contribution in [2.24, 2.45) is 14.2 Å². The van der Waals surface area contributed by atoms with Crippen LogP contribution in [-0.2, 0) is 14.4 Å². The van der Waals surface area contributed by atoms with Crippen molar-refractivity contribution in [2.45, 2.75) is 58.2 Å². The average molecular weight is 597 g/mol. The van der Waals surface area contributed by atoms with Gasteiger partial charge >= 0.3 is 5.97 Å². The van der Waals surface area contributed by atoms with E-state index >= 15 is 0 Å². The number of carboxylic acid groups (broad SMARTS) is 1. The molecule has 0 unspecified atom stereocenters. The molecule has 8 nitrogen and oxygen atoms in total. The minimum Gasteiger partial charge on any atom is -0.480 e. The molecule has 1 aromatic carbocycles. The summed E-state index contributed by atoms with van der Waals surface area (Å²) in [5.41, 5.74) is 0. The SMILES string of the molecule is [2H]P=N[C@@H](CC)C(=O)CCl.[2H]P=N[C@@H](CC)C(=O)COc1c(F)c(F)cc(F)c1F.[2H]P=N[C@@H](CC)C(=O)O. The molecule has 0 heterocycles. The van der Waals surface area contributed by atoms with Crippen molar-refractivity contribution in [1.29, 1.82) is 3.84 Å². The monoisotopic (exact) mass is 596 g/mol. The Morgan fingerprint density at radius 3 is 1.67 bits per heavy atom. The number of carbonyl (C=O) groups is 3. The zero-order valence-electron chi connectivity index (χ0n) is 22.5. The summed E-state index contributed by atoms with van der Waals surface area (Å²) in [7, 11) is 0.0774. The Morgan fingerprint density at radius 2 is 1.33 bits per heavy atom. The highest BCUT2D eigenvalue weighted by atomic mass is 35.5. The van der Waals surface area contributed by atoms with Crippen molar-refractivity contribution >= 4 is 56.1 Å². The van der Waals surface area contributed by atoms with E-state index in [9.17, 15) is 31.9 Å². The molecule has 0 saturated carbocycles. The lowest BCUT2D eigenvalue weighted by Gasteiger charge is -2.11. The molecular formula is C20H27ClF4N3O5P3. The molecule has 202 valence electrons. The van der Waals surface area contributed by atoms with E-state index in [2.05, 4.69) is 19.0 Å². The lowest BCUT2D eigenvalue weighted by atomic mass is 10.1. The fraction of sp³-hybridized carbons (Fsp3) is 0.550. The molecule has 0 amide bonds. The predicted octanol–water partition coefficient (Wildman–Crippen LogP) is 6.37. The van der Waals surface area contributed by atoms with Crippen LogP contribution in [0.3, 0.4) is 0 Å². The molecule has 1 rings (SSSR count). The number of hydrogen-bond acceptors (Lipinski definition) is 7. The number of alkyl halides is 1. The van der Waals surface area contributed by atoms with Crippen LogP contribution in [0.15, 0.2) is 20.3 Å². The van der Waals surface area contributed by atoms with Gasteiger partial charge < -0.3 is 9.84 Å². The summed E-state index contributed by atoms with van der Waals surface area (Å²) in [4.78, 5) is 32.5.